The molecule has 1 aliphatic heterocycles. The van der Waals surface area contributed by atoms with E-state index in [2.05, 4.69) is 20.3 Å². The maximum atomic E-state index is 4.85. The molecule has 5 rings (SSSR count). The Labute approximate surface area is 167 Å². The number of anilines is 1. The van der Waals surface area contributed by atoms with Gasteiger partial charge in [0.25, 0.3) is 0 Å². The molecular formula is C22H32N6. The molecule has 3 heterocycles. The van der Waals surface area contributed by atoms with Crippen LogP contribution in [0, 0.1) is 5.92 Å². The van der Waals surface area contributed by atoms with E-state index in [1.807, 2.05) is 30.2 Å². The normalized spacial score (nSPS) is 25.9. The first-order valence-electron chi connectivity index (χ1n) is 11.1. The summed E-state index contributed by atoms with van der Waals surface area (Å²) in [6.45, 7) is 2.62. The van der Waals surface area contributed by atoms with E-state index in [0.29, 0.717) is 6.04 Å². The van der Waals surface area contributed by atoms with Gasteiger partial charge in [0.05, 0.1) is 11.9 Å². The summed E-state index contributed by atoms with van der Waals surface area (Å²) in [4.78, 5) is 12.1. The molecule has 3 aliphatic rings. The second-order valence-electron chi connectivity index (χ2n) is 8.93. The predicted octanol–water partition coefficient (Wildman–Crippen LogP) is 3.65. The van der Waals surface area contributed by atoms with E-state index in [0.717, 1.165) is 35.6 Å². The van der Waals surface area contributed by atoms with E-state index in [1.54, 1.807) is 0 Å². The zero-order valence-corrected chi connectivity index (χ0v) is 17.0. The van der Waals surface area contributed by atoms with E-state index < -0.39 is 0 Å². The van der Waals surface area contributed by atoms with Crippen LogP contribution in [0.2, 0.25) is 0 Å². The van der Waals surface area contributed by atoms with Crippen molar-refractivity contribution in [3.05, 3.63) is 24.2 Å². The molecule has 0 aromatic carbocycles. The molecule has 2 saturated carbocycles. The number of hydrogen-bond donors (Lipinski definition) is 1. The highest BCUT2D eigenvalue weighted by Crippen LogP contribution is 2.35. The maximum absolute atomic E-state index is 4.85. The zero-order valence-electron chi connectivity index (χ0n) is 17.0. The van der Waals surface area contributed by atoms with Crippen LogP contribution in [0.25, 0.3) is 11.3 Å². The first-order valence-corrected chi connectivity index (χ1v) is 11.1. The maximum Gasteiger partial charge on any atom is 0.223 e. The number of aromatic nitrogens is 4. The smallest absolute Gasteiger partial charge is 0.223 e. The fourth-order valence-electron chi connectivity index (χ4n) is 4.97. The fraction of sp³-hybridized carbons (Fsp3) is 0.682. The molecule has 28 heavy (non-hydrogen) atoms. The monoisotopic (exact) mass is 380 g/mol. The average molecular weight is 381 g/mol. The van der Waals surface area contributed by atoms with Crippen molar-refractivity contribution in [1.29, 1.82) is 0 Å². The van der Waals surface area contributed by atoms with Crippen molar-refractivity contribution in [3.8, 4) is 11.3 Å². The minimum absolute atomic E-state index is 0.494. The first-order chi connectivity index (χ1) is 13.8. The minimum Gasteiger partial charge on any atom is -0.351 e. The Morgan fingerprint density at radius 1 is 1.07 bits per heavy atom. The van der Waals surface area contributed by atoms with Crippen LogP contribution in [0.1, 0.15) is 57.1 Å². The van der Waals surface area contributed by atoms with Gasteiger partial charge < -0.3 is 10.2 Å². The van der Waals surface area contributed by atoms with Crippen LogP contribution in [0.4, 0.5) is 5.95 Å². The van der Waals surface area contributed by atoms with Gasteiger partial charge in [-0.3, -0.25) is 4.68 Å². The lowest BCUT2D eigenvalue weighted by Gasteiger charge is -2.34. The standard InChI is InChI=1S/C22H32N6/c1-27-21(14-16-4-5-16)19(15-24-27)20-10-11-23-22(26-20)25-17-6-8-18(9-7-17)28-12-2-3-13-28/h10-11,15-18H,2-9,12-14H2,1H3,(H,23,25,26). The van der Waals surface area contributed by atoms with E-state index >= 15 is 0 Å². The van der Waals surface area contributed by atoms with Gasteiger partial charge in [-0.05, 0) is 82.9 Å². The Morgan fingerprint density at radius 3 is 2.61 bits per heavy atom. The molecule has 1 N–H and O–H groups in total. The number of nitrogens with zero attached hydrogens (tertiary/aromatic N) is 5. The number of nitrogens with one attached hydrogen (secondary N) is 1. The second-order valence-corrected chi connectivity index (χ2v) is 8.93. The van der Waals surface area contributed by atoms with Gasteiger partial charge in [0, 0.05) is 36.6 Å². The quantitative estimate of drug-likeness (QED) is 0.829. The molecule has 0 atom stereocenters. The van der Waals surface area contributed by atoms with E-state index in [9.17, 15) is 0 Å². The van der Waals surface area contributed by atoms with Gasteiger partial charge in [-0.15, -0.1) is 0 Å². The highest BCUT2D eigenvalue weighted by Gasteiger charge is 2.28. The molecule has 0 unspecified atom stereocenters. The van der Waals surface area contributed by atoms with Crippen molar-refractivity contribution in [2.24, 2.45) is 13.0 Å². The lowest BCUT2D eigenvalue weighted by Crippen LogP contribution is -2.39. The Morgan fingerprint density at radius 2 is 1.86 bits per heavy atom. The summed E-state index contributed by atoms with van der Waals surface area (Å²) >= 11 is 0. The molecule has 0 spiro atoms. The van der Waals surface area contributed by atoms with Gasteiger partial charge in [0.2, 0.25) is 5.95 Å². The molecule has 0 amide bonds. The topological polar surface area (TPSA) is 58.9 Å². The van der Waals surface area contributed by atoms with E-state index in [1.165, 1.54) is 70.2 Å². The number of likely N-dealkylation sites (tertiary alicyclic amines) is 1. The highest BCUT2D eigenvalue weighted by molar-refractivity contribution is 5.62. The molecule has 3 fully saturated rings. The van der Waals surface area contributed by atoms with Gasteiger partial charge in [-0.1, -0.05) is 0 Å². The third-order valence-electron chi connectivity index (χ3n) is 6.86. The van der Waals surface area contributed by atoms with Crippen LogP contribution < -0.4 is 5.32 Å². The van der Waals surface area contributed by atoms with Crippen molar-refractivity contribution in [2.45, 2.75) is 69.9 Å². The Hall–Kier alpha value is -1.95. The Kier molecular flexibility index (Phi) is 5.05. The minimum atomic E-state index is 0.494. The van der Waals surface area contributed by atoms with Crippen molar-refractivity contribution in [2.75, 3.05) is 18.4 Å². The molecule has 6 nitrogen and oxygen atoms in total. The molecule has 150 valence electrons. The molecule has 2 aliphatic carbocycles. The van der Waals surface area contributed by atoms with Gasteiger partial charge in [0.1, 0.15) is 0 Å². The van der Waals surface area contributed by atoms with Gasteiger partial charge >= 0.3 is 0 Å². The van der Waals surface area contributed by atoms with E-state index in [-0.39, 0.29) is 0 Å². The van der Waals surface area contributed by atoms with Crippen LogP contribution in [0.15, 0.2) is 18.5 Å². The molecule has 0 bridgehead atoms. The fourth-order valence-corrected chi connectivity index (χ4v) is 4.97. The van der Waals surface area contributed by atoms with Crippen LogP contribution in [0.3, 0.4) is 0 Å². The summed E-state index contributed by atoms with van der Waals surface area (Å²) < 4.78 is 2.02. The predicted molar refractivity (Wildman–Crippen MR) is 111 cm³/mol. The first kappa shape index (κ1) is 18.1. The van der Waals surface area contributed by atoms with Gasteiger partial charge in [-0.25, -0.2) is 9.97 Å². The summed E-state index contributed by atoms with van der Waals surface area (Å²) in [6.07, 6.45) is 15.5. The van der Waals surface area contributed by atoms with Crippen molar-refractivity contribution in [1.82, 2.24) is 24.6 Å². The van der Waals surface area contributed by atoms with Crippen LogP contribution >= 0.6 is 0 Å². The molecule has 0 radical (unpaired) electrons. The third kappa shape index (κ3) is 3.93. The summed E-state index contributed by atoms with van der Waals surface area (Å²) in [5.41, 5.74) is 3.46. The molecule has 2 aromatic heterocycles. The average Bonchev–Trinajstić information content (AvgIpc) is 3.22. The van der Waals surface area contributed by atoms with E-state index in [4.69, 9.17) is 4.98 Å². The largest absolute Gasteiger partial charge is 0.351 e. The van der Waals surface area contributed by atoms with Gasteiger partial charge in [-0.2, -0.15) is 5.10 Å². The molecule has 2 aromatic rings. The Bertz CT molecular complexity index is 797. The Balaban J connectivity index is 1.24. The number of hydrogen-bond acceptors (Lipinski definition) is 5. The SMILES string of the molecule is Cn1ncc(-c2ccnc(NC3CCC(N4CCCC4)CC3)n2)c1CC1CC1. The number of rotatable bonds is 6. The van der Waals surface area contributed by atoms with Crippen LogP contribution in [-0.2, 0) is 13.5 Å². The van der Waals surface area contributed by atoms with Crippen LogP contribution in [-0.4, -0.2) is 49.8 Å². The number of aryl methyl sites for hydroxylation is 1. The van der Waals surface area contributed by atoms with Crippen molar-refractivity contribution >= 4 is 5.95 Å². The molecule has 1 saturated heterocycles. The lowest BCUT2D eigenvalue weighted by atomic mass is 9.90. The summed E-state index contributed by atoms with van der Waals surface area (Å²) in [5, 5.41) is 8.11. The second kappa shape index (κ2) is 7.82. The zero-order chi connectivity index (χ0) is 18.9. The van der Waals surface area contributed by atoms with Crippen molar-refractivity contribution in [3.63, 3.8) is 0 Å². The molecular weight excluding hydrogens is 348 g/mol. The van der Waals surface area contributed by atoms with Crippen molar-refractivity contribution < 1.29 is 0 Å². The third-order valence-corrected chi connectivity index (χ3v) is 6.86. The summed E-state index contributed by atoms with van der Waals surface area (Å²) in [7, 11) is 2.04. The molecule has 6 heteroatoms. The van der Waals surface area contributed by atoms with Crippen LogP contribution in [0.5, 0.6) is 0 Å². The summed E-state index contributed by atoms with van der Waals surface area (Å²) in [6, 6.07) is 3.31. The highest BCUT2D eigenvalue weighted by atomic mass is 15.3. The summed E-state index contributed by atoms with van der Waals surface area (Å²) in [5.74, 6) is 1.60. The van der Waals surface area contributed by atoms with Gasteiger partial charge in [0.15, 0.2) is 0 Å². The lowest BCUT2D eigenvalue weighted by molar-refractivity contribution is 0.186.